The standard InChI is InChI=1S/C9H14F3N/c1-7(2)13(8(3)4)6-5-9(10,11)12/h7-8H,1-4H3. The molecule has 0 fully saturated rings. The van der Waals surface area contributed by atoms with Gasteiger partial charge in [-0.1, -0.05) is 0 Å². The Morgan fingerprint density at radius 2 is 1.38 bits per heavy atom. The molecule has 0 aromatic rings. The first kappa shape index (κ1) is 12.2. The van der Waals surface area contributed by atoms with E-state index in [0.717, 1.165) is 0 Å². The van der Waals surface area contributed by atoms with Crippen LogP contribution in [0.3, 0.4) is 0 Å². The van der Waals surface area contributed by atoms with Gasteiger partial charge in [0, 0.05) is 24.0 Å². The van der Waals surface area contributed by atoms with Gasteiger partial charge in [0.05, 0.1) is 0 Å². The molecule has 76 valence electrons. The molecule has 0 bridgehead atoms. The molecule has 0 aliphatic heterocycles. The highest BCUT2D eigenvalue weighted by atomic mass is 19.4. The lowest BCUT2D eigenvalue weighted by Gasteiger charge is -2.26. The van der Waals surface area contributed by atoms with Crippen molar-refractivity contribution >= 4 is 0 Å². The van der Waals surface area contributed by atoms with E-state index in [1.165, 1.54) is 10.8 Å². The molecule has 0 saturated carbocycles. The molecule has 0 amide bonds. The summed E-state index contributed by atoms with van der Waals surface area (Å²) in [5.74, 6) is 1.26. The van der Waals surface area contributed by atoms with E-state index in [2.05, 4.69) is 6.04 Å². The van der Waals surface area contributed by atoms with Crippen LogP contribution in [-0.2, 0) is 0 Å². The minimum atomic E-state index is -4.40. The Kier molecular flexibility index (Phi) is 4.12. The molecule has 4 heteroatoms. The van der Waals surface area contributed by atoms with E-state index in [1.54, 1.807) is 0 Å². The van der Waals surface area contributed by atoms with E-state index in [-0.39, 0.29) is 12.1 Å². The van der Waals surface area contributed by atoms with Gasteiger partial charge >= 0.3 is 6.18 Å². The highest BCUT2D eigenvalue weighted by molar-refractivity contribution is 5.06. The molecule has 0 rings (SSSR count). The maximum Gasteiger partial charge on any atom is 0.459 e. The molecule has 0 saturated heterocycles. The molecule has 0 aliphatic rings. The topological polar surface area (TPSA) is 3.24 Å². The van der Waals surface area contributed by atoms with Crippen LogP contribution in [0.2, 0.25) is 0 Å². The molecule has 0 heterocycles. The Hall–Kier alpha value is -0.850. The highest BCUT2D eigenvalue weighted by Crippen LogP contribution is 2.13. The molecule has 1 nitrogen and oxygen atoms in total. The van der Waals surface area contributed by atoms with Crippen molar-refractivity contribution in [2.75, 3.05) is 0 Å². The predicted octanol–water partition coefficient (Wildman–Crippen LogP) is 2.63. The first-order chi connectivity index (χ1) is 5.74. The van der Waals surface area contributed by atoms with Crippen LogP contribution >= 0.6 is 0 Å². The SMILES string of the molecule is CC(C)N(C#CC(F)(F)F)C(C)C. The Bertz CT molecular complexity index is 199. The minimum Gasteiger partial charge on any atom is -0.327 e. The quantitative estimate of drug-likeness (QED) is 0.481. The predicted molar refractivity (Wildman–Crippen MR) is 45.9 cm³/mol. The van der Waals surface area contributed by atoms with Gasteiger partial charge in [-0.2, -0.15) is 13.2 Å². The maximum absolute atomic E-state index is 11.7. The first-order valence-electron chi connectivity index (χ1n) is 4.12. The van der Waals surface area contributed by atoms with Gasteiger partial charge in [0.2, 0.25) is 0 Å². The molecule has 0 spiro atoms. The third-order valence-corrected chi connectivity index (χ3v) is 1.44. The van der Waals surface area contributed by atoms with Gasteiger partial charge in [-0.05, 0) is 27.7 Å². The van der Waals surface area contributed by atoms with Crippen molar-refractivity contribution in [1.29, 1.82) is 0 Å². The molecule has 0 radical (unpaired) electrons. The summed E-state index contributed by atoms with van der Waals surface area (Å²) in [5.41, 5.74) is 0. The Morgan fingerprint density at radius 1 is 1.00 bits per heavy atom. The van der Waals surface area contributed by atoms with E-state index in [1.807, 2.05) is 27.7 Å². The van der Waals surface area contributed by atoms with E-state index in [9.17, 15) is 13.2 Å². The largest absolute Gasteiger partial charge is 0.459 e. The van der Waals surface area contributed by atoms with Gasteiger partial charge in [0.25, 0.3) is 0 Å². The number of nitrogens with zero attached hydrogens (tertiary/aromatic N) is 1. The Labute approximate surface area is 76.9 Å². The van der Waals surface area contributed by atoms with Gasteiger partial charge in [-0.3, -0.25) is 0 Å². The average Bonchev–Trinajstić information content (AvgIpc) is 1.82. The van der Waals surface area contributed by atoms with Crippen molar-refractivity contribution in [1.82, 2.24) is 4.90 Å². The molecule has 0 atom stereocenters. The first-order valence-corrected chi connectivity index (χ1v) is 4.12. The summed E-state index contributed by atoms with van der Waals surface area (Å²) in [6.07, 6.45) is -4.40. The summed E-state index contributed by atoms with van der Waals surface area (Å²) < 4.78 is 35.2. The lowest BCUT2D eigenvalue weighted by Crippen LogP contribution is -2.32. The molecular weight excluding hydrogens is 179 g/mol. The third-order valence-electron chi connectivity index (χ3n) is 1.44. The van der Waals surface area contributed by atoms with Crippen molar-refractivity contribution in [3.05, 3.63) is 0 Å². The summed E-state index contributed by atoms with van der Waals surface area (Å²) in [5, 5.41) is 0. The lowest BCUT2D eigenvalue weighted by atomic mass is 10.2. The van der Waals surface area contributed by atoms with Crippen molar-refractivity contribution in [2.24, 2.45) is 0 Å². The number of halogens is 3. The fourth-order valence-electron chi connectivity index (χ4n) is 0.982. The zero-order valence-corrected chi connectivity index (χ0v) is 8.24. The van der Waals surface area contributed by atoms with Crippen molar-refractivity contribution < 1.29 is 13.2 Å². The number of rotatable bonds is 2. The molecule has 0 aromatic heterocycles. The van der Waals surface area contributed by atoms with Gasteiger partial charge in [0.1, 0.15) is 0 Å². The van der Waals surface area contributed by atoms with Crippen LogP contribution in [0.15, 0.2) is 0 Å². The molecule has 0 aliphatic carbocycles. The molecule has 13 heavy (non-hydrogen) atoms. The zero-order valence-electron chi connectivity index (χ0n) is 8.24. The summed E-state index contributed by atoms with van der Waals surface area (Å²) in [4.78, 5) is 1.48. The van der Waals surface area contributed by atoms with Gasteiger partial charge in [-0.15, -0.1) is 0 Å². The Balaban J connectivity index is 4.49. The van der Waals surface area contributed by atoms with Crippen molar-refractivity contribution in [3.63, 3.8) is 0 Å². The summed E-state index contributed by atoms with van der Waals surface area (Å²) in [6.45, 7) is 7.24. The fourth-order valence-corrected chi connectivity index (χ4v) is 0.982. The van der Waals surface area contributed by atoms with Gasteiger partial charge in [-0.25, -0.2) is 0 Å². The molecule has 0 N–H and O–H groups in total. The lowest BCUT2D eigenvalue weighted by molar-refractivity contribution is -0.0701. The normalized spacial score (nSPS) is 11.5. The van der Waals surface area contributed by atoms with Crippen LogP contribution in [0, 0.1) is 12.0 Å². The molecular formula is C9H14F3N. The van der Waals surface area contributed by atoms with Crippen LogP contribution in [0.25, 0.3) is 0 Å². The van der Waals surface area contributed by atoms with E-state index >= 15 is 0 Å². The number of alkyl halides is 3. The minimum absolute atomic E-state index is 0.00477. The van der Waals surface area contributed by atoms with Gasteiger partial charge < -0.3 is 4.90 Å². The number of hydrogen-bond acceptors (Lipinski definition) is 1. The number of hydrogen-bond donors (Lipinski definition) is 0. The molecule has 0 unspecified atom stereocenters. The Morgan fingerprint density at radius 3 is 1.62 bits per heavy atom. The van der Waals surface area contributed by atoms with Crippen LogP contribution < -0.4 is 0 Å². The third kappa shape index (κ3) is 5.40. The summed E-state index contributed by atoms with van der Waals surface area (Å²) in [7, 11) is 0. The van der Waals surface area contributed by atoms with Crippen LogP contribution in [0.5, 0.6) is 0 Å². The van der Waals surface area contributed by atoms with Crippen molar-refractivity contribution in [3.8, 4) is 12.0 Å². The van der Waals surface area contributed by atoms with Crippen molar-refractivity contribution in [2.45, 2.75) is 46.0 Å². The average molecular weight is 193 g/mol. The summed E-state index contributed by atoms with van der Waals surface area (Å²) >= 11 is 0. The summed E-state index contributed by atoms with van der Waals surface area (Å²) in [6, 6.07) is 2.11. The second-order valence-electron chi connectivity index (χ2n) is 3.33. The van der Waals surface area contributed by atoms with Crippen LogP contribution in [0.4, 0.5) is 13.2 Å². The van der Waals surface area contributed by atoms with E-state index < -0.39 is 6.18 Å². The highest BCUT2D eigenvalue weighted by Gasteiger charge is 2.24. The van der Waals surface area contributed by atoms with E-state index in [0.29, 0.717) is 0 Å². The monoisotopic (exact) mass is 193 g/mol. The zero-order chi connectivity index (χ0) is 10.6. The van der Waals surface area contributed by atoms with Gasteiger partial charge in [0.15, 0.2) is 0 Å². The van der Waals surface area contributed by atoms with Crippen LogP contribution in [0.1, 0.15) is 27.7 Å². The van der Waals surface area contributed by atoms with E-state index in [4.69, 9.17) is 0 Å². The molecule has 0 aromatic carbocycles. The fraction of sp³-hybridized carbons (Fsp3) is 0.778. The smallest absolute Gasteiger partial charge is 0.327 e. The maximum atomic E-state index is 11.7. The second kappa shape index (κ2) is 4.40. The second-order valence-corrected chi connectivity index (χ2v) is 3.33. The van der Waals surface area contributed by atoms with Crippen LogP contribution in [-0.4, -0.2) is 23.2 Å².